The van der Waals surface area contributed by atoms with Crippen LogP contribution >= 0.6 is 0 Å². The summed E-state index contributed by atoms with van der Waals surface area (Å²) < 4.78 is 28.9. The second kappa shape index (κ2) is 5.78. The highest BCUT2D eigenvalue weighted by Crippen LogP contribution is 2.39. The molecule has 0 saturated heterocycles. The number of methoxy groups -OCH3 is 1. The SMILES string of the molecule is COc1cc2c(cc1C=C(C#N)c1ccc(F)cc1)OCO2. The van der Waals surface area contributed by atoms with Gasteiger partial charge in [-0.3, -0.25) is 0 Å². The van der Waals surface area contributed by atoms with Crippen LogP contribution in [0.15, 0.2) is 36.4 Å². The zero-order chi connectivity index (χ0) is 15.5. The fraction of sp³-hybridized carbons (Fsp3) is 0.118. The minimum atomic E-state index is -0.346. The first kappa shape index (κ1) is 14.0. The highest BCUT2D eigenvalue weighted by atomic mass is 19.1. The molecule has 1 heterocycles. The average molecular weight is 297 g/mol. The molecular weight excluding hydrogens is 285 g/mol. The van der Waals surface area contributed by atoms with Crippen molar-refractivity contribution in [1.82, 2.24) is 0 Å². The topological polar surface area (TPSA) is 51.5 Å². The predicted octanol–water partition coefficient (Wildman–Crippen LogP) is 3.63. The van der Waals surface area contributed by atoms with E-state index in [2.05, 4.69) is 6.07 Å². The summed E-state index contributed by atoms with van der Waals surface area (Å²) in [4.78, 5) is 0. The van der Waals surface area contributed by atoms with Crippen molar-refractivity contribution in [3.8, 4) is 23.3 Å². The summed E-state index contributed by atoms with van der Waals surface area (Å²) in [5.41, 5.74) is 1.72. The summed E-state index contributed by atoms with van der Waals surface area (Å²) in [6.07, 6.45) is 1.67. The number of hydrogen-bond donors (Lipinski definition) is 0. The number of ether oxygens (including phenoxy) is 3. The zero-order valence-electron chi connectivity index (χ0n) is 11.8. The van der Waals surface area contributed by atoms with Crippen molar-refractivity contribution in [2.75, 3.05) is 13.9 Å². The maximum absolute atomic E-state index is 13.0. The maximum Gasteiger partial charge on any atom is 0.231 e. The molecule has 22 heavy (non-hydrogen) atoms. The molecule has 2 aromatic rings. The Morgan fingerprint density at radius 2 is 1.91 bits per heavy atom. The van der Waals surface area contributed by atoms with Crippen LogP contribution in [0.2, 0.25) is 0 Å². The third-order valence-corrected chi connectivity index (χ3v) is 3.30. The van der Waals surface area contributed by atoms with E-state index < -0.39 is 0 Å². The molecule has 0 amide bonds. The fourth-order valence-electron chi connectivity index (χ4n) is 2.19. The van der Waals surface area contributed by atoms with Crippen molar-refractivity contribution in [3.63, 3.8) is 0 Å². The Morgan fingerprint density at radius 3 is 2.55 bits per heavy atom. The third kappa shape index (κ3) is 2.59. The molecule has 0 spiro atoms. The number of benzene rings is 2. The highest BCUT2D eigenvalue weighted by molar-refractivity contribution is 5.91. The van der Waals surface area contributed by atoms with Crippen molar-refractivity contribution in [1.29, 1.82) is 5.26 Å². The van der Waals surface area contributed by atoms with Gasteiger partial charge in [0.1, 0.15) is 11.6 Å². The van der Waals surface area contributed by atoms with E-state index in [9.17, 15) is 9.65 Å². The van der Waals surface area contributed by atoms with Crippen LogP contribution in [0.4, 0.5) is 4.39 Å². The van der Waals surface area contributed by atoms with Gasteiger partial charge in [0.25, 0.3) is 0 Å². The number of nitrogens with zero attached hydrogens (tertiary/aromatic N) is 1. The molecule has 0 aromatic heterocycles. The fourth-order valence-corrected chi connectivity index (χ4v) is 2.19. The first-order valence-electron chi connectivity index (χ1n) is 6.56. The molecular formula is C17H12FNO3. The monoisotopic (exact) mass is 297 g/mol. The van der Waals surface area contributed by atoms with Crippen molar-refractivity contribution >= 4 is 11.6 Å². The molecule has 2 aromatic carbocycles. The molecule has 0 fully saturated rings. The average Bonchev–Trinajstić information content (AvgIpc) is 2.99. The molecule has 1 aliphatic rings. The van der Waals surface area contributed by atoms with E-state index in [4.69, 9.17) is 14.2 Å². The summed E-state index contributed by atoms with van der Waals surface area (Å²) in [6.45, 7) is 0.161. The van der Waals surface area contributed by atoms with E-state index in [-0.39, 0.29) is 12.6 Å². The summed E-state index contributed by atoms with van der Waals surface area (Å²) >= 11 is 0. The molecule has 0 radical (unpaired) electrons. The van der Waals surface area contributed by atoms with Crippen LogP contribution in [0.1, 0.15) is 11.1 Å². The molecule has 0 N–H and O–H groups in total. The van der Waals surface area contributed by atoms with Crippen LogP contribution in [-0.2, 0) is 0 Å². The standard InChI is InChI=1S/C17H12FNO3/c1-20-15-8-17-16(21-10-22-17)7-12(15)6-13(9-19)11-2-4-14(18)5-3-11/h2-8H,10H2,1H3. The molecule has 0 aliphatic carbocycles. The van der Waals surface area contributed by atoms with Gasteiger partial charge < -0.3 is 14.2 Å². The van der Waals surface area contributed by atoms with E-state index in [1.807, 2.05) is 0 Å². The minimum Gasteiger partial charge on any atom is -0.496 e. The van der Waals surface area contributed by atoms with Gasteiger partial charge in [0.2, 0.25) is 6.79 Å². The molecule has 0 saturated carbocycles. The number of rotatable bonds is 3. The van der Waals surface area contributed by atoms with Crippen LogP contribution < -0.4 is 14.2 Å². The lowest BCUT2D eigenvalue weighted by molar-refractivity contribution is 0.174. The quantitative estimate of drug-likeness (QED) is 0.641. The van der Waals surface area contributed by atoms with Gasteiger partial charge in [-0.1, -0.05) is 12.1 Å². The van der Waals surface area contributed by atoms with Crippen molar-refractivity contribution < 1.29 is 18.6 Å². The van der Waals surface area contributed by atoms with Gasteiger partial charge in [0.15, 0.2) is 11.5 Å². The summed E-state index contributed by atoms with van der Waals surface area (Å²) in [6, 6.07) is 11.3. The van der Waals surface area contributed by atoms with Crippen LogP contribution in [0, 0.1) is 17.1 Å². The van der Waals surface area contributed by atoms with Crippen LogP contribution in [0.5, 0.6) is 17.2 Å². The molecule has 5 heteroatoms. The Labute approximate surface area is 127 Å². The lowest BCUT2D eigenvalue weighted by Gasteiger charge is -2.07. The van der Waals surface area contributed by atoms with Crippen LogP contribution in [-0.4, -0.2) is 13.9 Å². The Morgan fingerprint density at radius 1 is 1.23 bits per heavy atom. The van der Waals surface area contributed by atoms with E-state index >= 15 is 0 Å². The van der Waals surface area contributed by atoms with Crippen LogP contribution in [0.25, 0.3) is 11.6 Å². The number of nitriles is 1. The number of hydrogen-bond acceptors (Lipinski definition) is 4. The second-order valence-electron chi connectivity index (χ2n) is 4.62. The molecule has 4 nitrogen and oxygen atoms in total. The Balaban J connectivity index is 2.06. The molecule has 0 atom stereocenters. The van der Waals surface area contributed by atoms with E-state index in [1.165, 1.54) is 12.1 Å². The van der Waals surface area contributed by atoms with Gasteiger partial charge in [-0.15, -0.1) is 0 Å². The Hall–Kier alpha value is -3.00. The molecule has 0 bridgehead atoms. The molecule has 0 unspecified atom stereocenters. The van der Waals surface area contributed by atoms with Gasteiger partial charge in [0, 0.05) is 11.6 Å². The first-order chi connectivity index (χ1) is 10.7. The first-order valence-corrected chi connectivity index (χ1v) is 6.56. The van der Waals surface area contributed by atoms with E-state index in [0.717, 1.165) is 0 Å². The van der Waals surface area contributed by atoms with Gasteiger partial charge >= 0.3 is 0 Å². The number of allylic oxidation sites excluding steroid dienone is 1. The maximum atomic E-state index is 13.0. The van der Waals surface area contributed by atoms with Gasteiger partial charge in [-0.2, -0.15) is 5.26 Å². The van der Waals surface area contributed by atoms with Crippen molar-refractivity contribution in [2.45, 2.75) is 0 Å². The van der Waals surface area contributed by atoms with E-state index in [0.29, 0.717) is 33.9 Å². The van der Waals surface area contributed by atoms with Gasteiger partial charge in [0.05, 0.1) is 18.8 Å². The van der Waals surface area contributed by atoms with E-state index in [1.54, 1.807) is 37.5 Å². The molecule has 1 aliphatic heterocycles. The van der Waals surface area contributed by atoms with Crippen LogP contribution in [0.3, 0.4) is 0 Å². The lowest BCUT2D eigenvalue weighted by atomic mass is 10.0. The minimum absolute atomic E-state index is 0.161. The normalized spacial score (nSPS) is 12.9. The summed E-state index contributed by atoms with van der Waals surface area (Å²) in [5, 5.41) is 9.36. The Kier molecular flexibility index (Phi) is 3.67. The van der Waals surface area contributed by atoms with Gasteiger partial charge in [-0.25, -0.2) is 4.39 Å². The summed E-state index contributed by atoms with van der Waals surface area (Å²) in [5.74, 6) is 1.43. The second-order valence-corrected chi connectivity index (χ2v) is 4.62. The smallest absolute Gasteiger partial charge is 0.231 e. The molecule has 110 valence electrons. The lowest BCUT2D eigenvalue weighted by Crippen LogP contribution is -1.92. The number of halogens is 1. The zero-order valence-corrected chi connectivity index (χ0v) is 11.8. The largest absolute Gasteiger partial charge is 0.496 e. The van der Waals surface area contributed by atoms with Crippen molar-refractivity contribution in [3.05, 3.63) is 53.3 Å². The van der Waals surface area contributed by atoms with Crippen molar-refractivity contribution in [2.24, 2.45) is 0 Å². The van der Waals surface area contributed by atoms with Gasteiger partial charge in [-0.05, 0) is 29.8 Å². The molecule has 3 rings (SSSR count). The highest BCUT2D eigenvalue weighted by Gasteiger charge is 2.17. The number of fused-ring (bicyclic) bond motifs is 1. The predicted molar refractivity (Wildman–Crippen MR) is 79.0 cm³/mol. The summed E-state index contributed by atoms with van der Waals surface area (Å²) in [7, 11) is 1.54. The Bertz CT molecular complexity index is 776. The third-order valence-electron chi connectivity index (χ3n) is 3.30.